The molecule has 1 aromatic carbocycles. The molecule has 1 heterocycles. The van der Waals surface area contributed by atoms with Crippen LogP contribution in [0.4, 0.5) is 0 Å². The third-order valence-corrected chi connectivity index (χ3v) is 3.81. The zero-order chi connectivity index (χ0) is 13.0. The lowest BCUT2D eigenvalue weighted by atomic mass is 9.84. The van der Waals surface area contributed by atoms with Gasteiger partial charge in [-0.1, -0.05) is 29.8 Å². The molecule has 0 spiro atoms. The molecule has 0 saturated carbocycles. The Morgan fingerprint density at radius 3 is 2.67 bits per heavy atom. The highest BCUT2D eigenvalue weighted by atomic mass is 35.5. The minimum atomic E-state index is -0.713. The first-order chi connectivity index (χ1) is 8.69. The van der Waals surface area contributed by atoms with Gasteiger partial charge in [0.25, 0.3) is 0 Å². The summed E-state index contributed by atoms with van der Waals surface area (Å²) >= 11 is 6.15. The molecule has 1 N–H and O–H groups in total. The van der Waals surface area contributed by atoms with Gasteiger partial charge in [0, 0.05) is 43.2 Å². The van der Waals surface area contributed by atoms with E-state index in [1.807, 2.05) is 25.1 Å². The van der Waals surface area contributed by atoms with Gasteiger partial charge in [-0.05, 0) is 13.0 Å². The Kier molecular flexibility index (Phi) is 4.62. The summed E-state index contributed by atoms with van der Waals surface area (Å²) in [6.45, 7) is 3.74. The van der Waals surface area contributed by atoms with Crippen LogP contribution in [-0.2, 0) is 9.47 Å². The van der Waals surface area contributed by atoms with E-state index in [4.69, 9.17) is 21.1 Å². The van der Waals surface area contributed by atoms with E-state index in [9.17, 15) is 5.11 Å². The molecule has 0 bridgehead atoms. The van der Waals surface area contributed by atoms with Crippen molar-refractivity contribution in [1.29, 1.82) is 0 Å². The fourth-order valence-corrected chi connectivity index (χ4v) is 2.72. The van der Waals surface area contributed by atoms with Crippen molar-refractivity contribution in [1.82, 2.24) is 0 Å². The molecule has 4 heteroatoms. The van der Waals surface area contributed by atoms with E-state index in [0.29, 0.717) is 37.7 Å². The molecule has 1 saturated heterocycles. The maximum Gasteiger partial charge on any atom is 0.110 e. The summed E-state index contributed by atoms with van der Waals surface area (Å²) in [6, 6.07) is 7.38. The molecule has 1 unspecified atom stereocenters. The van der Waals surface area contributed by atoms with Crippen LogP contribution in [0, 0.1) is 0 Å². The molecule has 18 heavy (non-hydrogen) atoms. The van der Waals surface area contributed by atoms with E-state index in [2.05, 4.69) is 0 Å². The molecule has 1 aromatic rings. The average molecular weight is 271 g/mol. The van der Waals surface area contributed by atoms with Crippen LogP contribution in [0.25, 0.3) is 0 Å². The standard InChI is InChI=1S/C14H19ClO3/c1-2-18-14(7-9-17-10-8-14)13(16)11-5-3-4-6-12(11)15/h3-6,13,16H,2,7-10H2,1H3. The summed E-state index contributed by atoms with van der Waals surface area (Å²) in [6.07, 6.45) is 0.663. The number of hydrogen-bond donors (Lipinski definition) is 1. The third-order valence-electron chi connectivity index (χ3n) is 3.47. The molecule has 1 atom stereocenters. The SMILES string of the molecule is CCOC1(C(O)c2ccccc2Cl)CCOCC1. The summed E-state index contributed by atoms with van der Waals surface area (Å²) in [5, 5.41) is 11.2. The Morgan fingerprint density at radius 2 is 2.06 bits per heavy atom. The third kappa shape index (κ3) is 2.69. The smallest absolute Gasteiger partial charge is 0.110 e. The van der Waals surface area contributed by atoms with Gasteiger partial charge in [0.1, 0.15) is 11.7 Å². The lowest BCUT2D eigenvalue weighted by Crippen LogP contribution is -2.44. The fourth-order valence-electron chi connectivity index (χ4n) is 2.48. The second kappa shape index (κ2) is 6.02. The number of benzene rings is 1. The first kappa shape index (κ1) is 13.8. The molecule has 0 aromatic heterocycles. The number of hydrogen-bond acceptors (Lipinski definition) is 3. The van der Waals surface area contributed by atoms with E-state index < -0.39 is 11.7 Å². The van der Waals surface area contributed by atoms with Crippen molar-refractivity contribution in [2.45, 2.75) is 31.5 Å². The van der Waals surface area contributed by atoms with Crippen LogP contribution in [0.2, 0.25) is 5.02 Å². The van der Waals surface area contributed by atoms with Gasteiger partial charge >= 0.3 is 0 Å². The summed E-state index contributed by atoms with van der Waals surface area (Å²) in [5.74, 6) is 0. The van der Waals surface area contributed by atoms with Gasteiger partial charge in [-0.3, -0.25) is 0 Å². The number of aliphatic hydroxyl groups excluding tert-OH is 1. The van der Waals surface area contributed by atoms with Crippen molar-refractivity contribution in [2.24, 2.45) is 0 Å². The monoisotopic (exact) mass is 270 g/mol. The van der Waals surface area contributed by atoms with E-state index in [-0.39, 0.29) is 0 Å². The minimum Gasteiger partial charge on any atom is -0.385 e. The molecule has 0 aliphatic carbocycles. The van der Waals surface area contributed by atoms with Crippen LogP contribution in [0.15, 0.2) is 24.3 Å². The van der Waals surface area contributed by atoms with Crippen molar-refractivity contribution in [3.8, 4) is 0 Å². The highest BCUT2D eigenvalue weighted by Crippen LogP contribution is 2.39. The predicted molar refractivity (Wildman–Crippen MR) is 70.8 cm³/mol. The van der Waals surface area contributed by atoms with Crippen molar-refractivity contribution in [2.75, 3.05) is 19.8 Å². The summed E-state index contributed by atoms with van der Waals surface area (Å²) < 4.78 is 11.2. The molecule has 2 rings (SSSR count). The van der Waals surface area contributed by atoms with Crippen LogP contribution < -0.4 is 0 Å². The van der Waals surface area contributed by atoms with Crippen LogP contribution >= 0.6 is 11.6 Å². The van der Waals surface area contributed by atoms with Gasteiger partial charge in [0.05, 0.1) is 0 Å². The van der Waals surface area contributed by atoms with Crippen molar-refractivity contribution in [3.63, 3.8) is 0 Å². The topological polar surface area (TPSA) is 38.7 Å². The Bertz CT molecular complexity index is 383. The maximum atomic E-state index is 10.6. The van der Waals surface area contributed by atoms with E-state index in [0.717, 1.165) is 5.56 Å². The van der Waals surface area contributed by atoms with Gasteiger partial charge in [0.2, 0.25) is 0 Å². The highest BCUT2D eigenvalue weighted by Gasteiger charge is 2.41. The zero-order valence-corrected chi connectivity index (χ0v) is 11.3. The molecule has 100 valence electrons. The highest BCUT2D eigenvalue weighted by molar-refractivity contribution is 6.31. The zero-order valence-electron chi connectivity index (χ0n) is 10.6. The van der Waals surface area contributed by atoms with E-state index in [1.165, 1.54) is 0 Å². The van der Waals surface area contributed by atoms with E-state index >= 15 is 0 Å². The van der Waals surface area contributed by atoms with Crippen LogP contribution in [-0.4, -0.2) is 30.5 Å². The molecule has 1 aliphatic rings. The molecule has 0 radical (unpaired) electrons. The molecule has 1 fully saturated rings. The Hall–Kier alpha value is -0.610. The van der Waals surface area contributed by atoms with Crippen LogP contribution in [0.5, 0.6) is 0 Å². The van der Waals surface area contributed by atoms with Gasteiger partial charge in [-0.2, -0.15) is 0 Å². The summed E-state index contributed by atoms with van der Waals surface area (Å²) in [7, 11) is 0. The lowest BCUT2D eigenvalue weighted by molar-refractivity contribution is -0.167. The molecular weight excluding hydrogens is 252 g/mol. The van der Waals surface area contributed by atoms with Crippen molar-refractivity contribution in [3.05, 3.63) is 34.9 Å². The Balaban J connectivity index is 2.28. The lowest BCUT2D eigenvalue weighted by Gasteiger charge is -2.41. The molecule has 1 aliphatic heterocycles. The summed E-state index contributed by atoms with van der Waals surface area (Å²) in [5.41, 5.74) is 0.160. The number of rotatable bonds is 4. The quantitative estimate of drug-likeness (QED) is 0.914. The second-order valence-electron chi connectivity index (χ2n) is 4.53. The first-order valence-electron chi connectivity index (χ1n) is 6.34. The summed E-state index contributed by atoms with van der Waals surface area (Å²) in [4.78, 5) is 0. The normalized spacial score (nSPS) is 20.6. The largest absolute Gasteiger partial charge is 0.385 e. The van der Waals surface area contributed by atoms with Crippen molar-refractivity contribution >= 4 is 11.6 Å². The molecule has 3 nitrogen and oxygen atoms in total. The van der Waals surface area contributed by atoms with Gasteiger partial charge < -0.3 is 14.6 Å². The predicted octanol–water partition coefficient (Wildman–Crippen LogP) is 2.96. The molecular formula is C14H19ClO3. The van der Waals surface area contributed by atoms with Gasteiger partial charge in [-0.25, -0.2) is 0 Å². The van der Waals surface area contributed by atoms with Gasteiger partial charge in [-0.15, -0.1) is 0 Å². The number of halogens is 1. The minimum absolute atomic E-state index is 0.571. The van der Waals surface area contributed by atoms with Crippen LogP contribution in [0.3, 0.4) is 0 Å². The Morgan fingerprint density at radius 1 is 1.39 bits per heavy atom. The Labute approximate surface area is 113 Å². The number of aliphatic hydroxyl groups is 1. The fraction of sp³-hybridized carbons (Fsp3) is 0.571. The van der Waals surface area contributed by atoms with Crippen LogP contribution in [0.1, 0.15) is 31.4 Å². The first-order valence-corrected chi connectivity index (χ1v) is 6.71. The second-order valence-corrected chi connectivity index (χ2v) is 4.94. The van der Waals surface area contributed by atoms with Gasteiger partial charge in [0.15, 0.2) is 0 Å². The number of ether oxygens (including phenoxy) is 2. The van der Waals surface area contributed by atoms with E-state index in [1.54, 1.807) is 6.07 Å². The maximum absolute atomic E-state index is 10.6. The van der Waals surface area contributed by atoms with Crippen molar-refractivity contribution < 1.29 is 14.6 Å². The average Bonchev–Trinajstić information content (AvgIpc) is 2.40. The molecule has 0 amide bonds.